The predicted octanol–water partition coefficient (Wildman–Crippen LogP) is 1.57. The van der Waals surface area contributed by atoms with Crippen LogP contribution in [-0.2, 0) is 9.47 Å². The first-order chi connectivity index (χ1) is 6.47. The Hall–Kier alpha value is -0.860. The lowest BCUT2D eigenvalue weighted by Gasteiger charge is -2.08. The van der Waals surface area contributed by atoms with E-state index in [0.717, 1.165) is 13.2 Å². The largest absolute Gasteiger partial charge is 0.372 e. The lowest BCUT2D eigenvalue weighted by molar-refractivity contribution is -0.0376. The first kappa shape index (κ1) is 7.54. The molecule has 68 valence electrons. The normalized spacial score (nSPS) is 36.8. The Morgan fingerprint density at radius 3 is 2.15 bits per heavy atom. The van der Waals surface area contributed by atoms with Crippen LogP contribution in [0.4, 0.5) is 0 Å². The molecule has 2 heteroatoms. The van der Waals surface area contributed by atoms with Gasteiger partial charge in [0.2, 0.25) is 0 Å². The second kappa shape index (κ2) is 2.82. The molecule has 1 aliphatic carbocycles. The number of hydrogen-bond acceptors (Lipinski definition) is 2. The second-order valence-corrected chi connectivity index (χ2v) is 3.61. The molecule has 2 fully saturated rings. The Bertz CT molecular complexity index is 284. The smallest absolute Gasteiger partial charge is 0.0939 e. The van der Waals surface area contributed by atoms with Gasteiger partial charge in [-0.2, -0.15) is 0 Å². The molecule has 0 bridgehead atoms. The molecule has 3 rings (SSSR count). The van der Waals surface area contributed by atoms with Gasteiger partial charge in [-0.3, -0.25) is 0 Å². The minimum Gasteiger partial charge on any atom is -0.372 e. The molecule has 0 radical (unpaired) electrons. The maximum absolute atomic E-state index is 5.59. The van der Waals surface area contributed by atoms with Crippen molar-refractivity contribution in [1.82, 2.24) is 0 Å². The lowest BCUT2D eigenvalue weighted by atomic mass is 10.1. The highest BCUT2D eigenvalue weighted by molar-refractivity contribution is 5.31. The number of fused-ring (bicyclic) bond motifs is 1. The molecule has 2 atom stereocenters. The van der Waals surface area contributed by atoms with E-state index < -0.39 is 0 Å². The van der Waals surface area contributed by atoms with E-state index in [1.165, 1.54) is 5.56 Å². The van der Waals surface area contributed by atoms with Crippen LogP contribution >= 0.6 is 0 Å². The molecule has 1 saturated heterocycles. The minimum absolute atomic E-state index is 0.330. The summed E-state index contributed by atoms with van der Waals surface area (Å²) in [6.45, 7) is 1.51. The summed E-state index contributed by atoms with van der Waals surface area (Å²) in [5.74, 6) is 0.490. The molecule has 2 aliphatic rings. The molecule has 0 spiro atoms. The van der Waals surface area contributed by atoms with Crippen LogP contribution in [0.15, 0.2) is 30.3 Å². The van der Waals surface area contributed by atoms with Crippen molar-refractivity contribution in [3.8, 4) is 0 Å². The standard InChI is InChI=1S/C11H12O2/c1-2-4-8(5-3-1)9-10-11(9)13-7-6-12-10/h1-5,9-11H,6-7H2. The quantitative estimate of drug-likeness (QED) is 0.646. The molecule has 1 aromatic rings. The third-order valence-corrected chi connectivity index (χ3v) is 2.78. The molecule has 0 amide bonds. The van der Waals surface area contributed by atoms with Gasteiger partial charge in [0, 0.05) is 5.92 Å². The molecule has 1 saturated carbocycles. The van der Waals surface area contributed by atoms with Crippen molar-refractivity contribution in [3.05, 3.63) is 35.9 Å². The van der Waals surface area contributed by atoms with E-state index in [2.05, 4.69) is 24.3 Å². The summed E-state index contributed by atoms with van der Waals surface area (Å²) in [6.07, 6.45) is 0.660. The van der Waals surface area contributed by atoms with Gasteiger partial charge in [0.25, 0.3) is 0 Å². The summed E-state index contributed by atoms with van der Waals surface area (Å²) < 4.78 is 11.2. The molecule has 1 aromatic carbocycles. The van der Waals surface area contributed by atoms with Crippen molar-refractivity contribution < 1.29 is 9.47 Å². The summed E-state index contributed by atoms with van der Waals surface area (Å²) >= 11 is 0. The maximum Gasteiger partial charge on any atom is 0.0939 e. The third-order valence-electron chi connectivity index (χ3n) is 2.78. The summed E-state index contributed by atoms with van der Waals surface area (Å²) in [7, 11) is 0. The van der Waals surface area contributed by atoms with Crippen molar-refractivity contribution in [3.63, 3.8) is 0 Å². The Morgan fingerprint density at radius 2 is 1.54 bits per heavy atom. The monoisotopic (exact) mass is 176 g/mol. The zero-order chi connectivity index (χ0) is 8.67. The predicted molar refractivity (Wildman–Crippen MR) is 48.7 cm³/mol. The topological polar surface area (TPSA) is 18.5 Å². The Morgan fingerprint density at radius 1 is 0.923 bits per heavy atom. The first-order valence-corrected chi connectivity index (χ1v) is 4.75. The summed E-state index contributed by atoms with van der Waals surface area (Å²) in [5, 5.41) is 0. The van der Waals surface area contributed by atoms with E-state index >= 15 is 0 Å². The fourth-order valence-electron chi connectivity index (χ4n) is 2.08. The zero-order valence-electron chi connectivity index (χ0n) is 7.35. The SMILES string of the molecule is c1ccc(C2C3OCCOC32)cc1. The van der Waals surface area contributed by atoms with Gasteiger partial charge in [-0.1, -0.05) is 30.3 Å². The second-order valence-electron chi connectivity index (χ2n) is 3.61. The van der Waals surface area contributed by atoms with Crippen LogP contribution in [0.25, 0.3) is 0 Å². The van der Waals surface area contributed by atoms with Gasteiger partial charge in [0.1, 0.15) is 0 Å². The van der Waals surface area contributed by atoms with E-state index in [1.807, 2.05) is 6.07 Å². The third kappa shape index (κ3) is 1.18. The van der Waals surface area contributed by atoms with Crippen molar-refractivity contribution in [2.24, 2.45) is 0 Å². The average Bonchev–Trinajstić information content (AvgIpc) is 2.93. The van der Waals surface area contributed by atoms with Crippen LogP contribution in [0.1, 0.15) is 11.5 Å². The summed E-state index contributed by atoms with van der Waals surface area (Å²) in [4.78, 5) is 0. The molecule has 2 nitrogen and oxygen atoms in total. The number of benzene rings is 1. The highest BCUT2D eigenvalue weighted by Gasteiger charge is 2.55. The van der Waals surface area contributed by atoms with E-state index in [9.17, 15) is 0 Å². The van der Waals surface area contributed by atoms with Gasteiger partial charge in [-0.15, -0.1) is 0 Å². The maximum atomic E-state index is 5.59. The van der Waals surface area contributed by atoms with Crippen LogP contribution in [0, 0.1) is 0 Å². The summed E-state index contributed by atoms with van der Waals surface area (Å²) in [6, 6.07) is 10.5. The van der Waals surface area contributed by atoms with Gasteiger partial charge in [0.15, 0.2) is 0 Å². The van der Waals surface area contributed by atoms with Crippen LogP contribution in [0.3, 0.4) is 0 Å². The number of rotatable bonds is 1. The molecule has 1 aliphatic heterocycles. The minimum atomic E-state index is 0.330. The Balaban J connectivity index is 1.82. The fraction of sp³-hybridized carbons (Fsp3) is 0.455. The Kier molecular flexibility index (Phi) is 1.64. The van der Waals surface area contributed by atoms with Crippen LogP contribution in [0.5, 0.6) is 0 Å². The highest BCUT2D eigenvalue weighted by atomic mass is 16.6. The van der Waals surface area contributed by atoms with Crippen molar-refractivity contribution in [1.29, 1.82) is 0 Å². The molecule has 13 heavy (non-hydrogen) atoms. The molecule has 2 unspecified atom stereocenters. The van der Waals surface area contributed by atoms with Gasteiger partial charge in [-0.25, -0.2) is 0 Å². The summed E-state index contributed by atoms with van der Waals surface area (Å²) in [5.41, 5.74) is 1.35. The number of ether oxygens (including phenoxy) is 2. The van der Waals surface area contributed by atoms with Crippen molar-refractivity contribution in [2.45, 2.75) is 18.1 Å². The van der Waals surface area contributed by atoms with Crippen LogP contribution in [-0.4, -0.2) is 25.4 Å². The fourth-order valence-corrected chi connectivity index (χ4v) is 2.08. The van der Waals surface area contributed by atoms with E-state index in [0.29, 0.717) is 18.1 Å². The molecular weight excluding hydrogens is 164 g/mol. The molecular formula is C11H12O2. The molecule has 0 aromatic heterocycles. The van der Waals surface area contributed by atoms with Crippen molar-refractivity contribution in [2.75, 3.05) is 13.2 Å². The van der Waals surface area contributed by atoms with Crippen LogP contribution in [0.2, 0.25) is 0 Å². The molecule has 1 heterocycles. The van der Waals surface area contributed by atoms with E-state index in [4.69, 9.17) is 9.47 Å². The van der Waals surface area contributed by atoms with Gasteiger partial charge < -0.3 is 9.47 Å². The highest BCUT2D eigenvalue weighted by Crippen LogP contribution is 2.47. The first-order valence-electron chi connectivity index (χ1n) is 4.75. The molecule has 0 N–H and O–H groups in total. The van der Waals surface area contributed by atoms with Gasteiger partial charge in [-0.05, 0) is 5.56 Å². The van der Waals surface area contributed by atoms with Gasteiger partial charge >= 0.3 is 0 Å². The van der Waals surface area contributed by atoms with E-state index in [1.54, 1.807) is 0 Å². The van der Waals surface area contributed by atoms with Gasteiger partial charge in [0.05, 0.1) is 25.4 Å². The Labute approximate surface area is 77.5 Å². The number of hydrogen-bond donors (Lipinski definition) is 0. The van der Waals surface area contributed by atoms with E-state index in [-0.39, 0.29) is 0 Å². The van der Waals surface area contributed by atoms with Crippen molar-refractivity contribution >= 4 is 0 Å². The lowest BCUT2D eigenvalue weighted by Crippen LogP contribution is -2.16. The zero-order valence-corrected chi connectivity index (χ0v) is 7.35. The average molecular weight is 176 g/mol. The van der Waals surface area contributed by atoms with Crippen LogP contribution < -0.4 is 0 Å².